The molecule has 1 aromatic rings. The fraction of sp³-hybridized carbons (Fsp3) is 0.632. The number of halogens is 2. The van der Waals surface area contributed by atoms with E-state index in [4.69, 9.17) is 21.1 Å². The van der Waals surface area contributed by atoms with Gasteiger partial charge in [0.15, 0.2) is 0 Å². The number of piperidine rings is 1. The second-order valence-corrected chi connectivity index (χ2v) is 10.6. The van der Waals surface area contributed by atoms with Gasteiger partial charge in [-0.1, -0.05) is 11.6 Å². The number of sulfonamides is 1. The van der Waals surface area contributed by atoms with Gasteiger partial charge in [0.05, 0.1) is 17.2 Å². The summed E-state index contributed by atoms with van der Waals surface area (Å²) in [6.07, 6.45) is 1.34. The number of nitrogens with one attached hydrogen (secondary N) is 1. The Hall–Kier alpha value is -1.42. The molecule has 10 heteroatoms. The zero-order valence-corrected chi connectivity index (χ0v) is 18.3. The number of rotatable bonds is 3. The Morgan fingerprint density at radius 3 is 2.59 bits per heavy atom. The maximum atomic E-state index is 13.2. The van der Waals surface area contributed by atoms with Crippen LogP contribution >= 0.6 is 11.6 Å². The van der Waals surface area contributed by atoms with Crippen LogP contribution in [0, 0.1) is 5.82 Å². The molecule has 0 saturated carbocycles. The molecule has 1 amide bonds. The van der Waals surface area contributed by atoms with Gasteiger partial charge in [0.25, 0.3) is 0 Å². The molecule has 1 atom stereocenters. The number of hydrogen-bond acceptors (Lipinski definition) is 5. The number of hydrogen-bond donors (Lipinski definition) is 1. The lowest BCUT2D eigenvalue weighted by atomic mass is 9.88. The minimum atomic E-state index is -3.90. The normalized spacial score (nSPS) is 22.1. The number of benzene rings is 1. The smallest absolute Gasteiger partial charge is 0.410 e. The molecule has 162 valence electrons. The van der Waals surface area contributed by atoms with Crippen molar-refractivity contribution in [2.75, 3.05) is 19.7 Å². The number of carbonyl (C=O) groups excluding carboxylic acids is 1. The minimum absolute atomic E-state index is 0.165. The first-order valence-corrected chi connectivity index (χ1v) is 11.3. The molecule has 1 spiro atoms. The van der Waals surface area contributed by atoms with E-state index in [1.807, 2.05) is 20.8 Å². The number of carbonyl (C=O) groups is 1. The van der Waals surface area contributed by atoms with Crippen molar-refractivity contribution < 1.29 is 27.1 Å². The maximum absolute atomic E-state index is 13.2. The molecule has 7 nitrogen and oxygen atoms in total. The van der Waals surface area contributed by atoms with Crippen LogP contribution in [0.2, 0.25) is 5.02 Å². The van der Waals surface area contributed by atoms with Crippen molar-refractivity contribution in [1.82, 2.24) is 9.62 Å². The second kappa shape index (κ2) is 8.02. The van der Waals surface area contributed by atoms with E-state index in [0.717, 1.165) is 18.2 Å². The Morgan fingerprint density at radius 1 is 1.34 bits per heavy atom. The molecule has 2 saturated heterocycles. The van der Waals surface area contributed by atoms with Gasteiger partial charge in [0.1, 0.15) is 16.3 Å². The van der Waals surface area contributed by atoms with E-state index in [9.17, 15) is 17.6 Å². The van der Waals surface area contributed by atoms with E-state index in [2.05, 4.69) is 4.72 Å². The summed E-state index contributed by atoms with van der Waals surface area (Å²) in [5, 5.41) is -0.170. The van der Waals surface area contributed by atoms with Crippen molar-refractivity contribution in [3.05, 3.63) is 29.0 Å². The summed E-state index contributed by atoms with van der Waals surface area (Å²) < 4.78 is 52.4. The van der Waals surface area contributed by atoms with E-state index in [0.29, 0.717) is 32.4 Å². The van der Waals surface area contributed by atoms with Crippen LogP contribution in [-0.2, 0) is 19.5 Å². The third-order valence-corrected chi connectivity index (χ3v) is 7.04. The van der Waals surface area contributed by atoms with Gasteiger partial charge in [-0.25, -0.2) is 22.3 Å². The highest BCUT2D eigenvalue weighted by molar-refractivity contribution is 7.89. The van der Waals surface area contributed by atoms with E-state index >= 15 is 0 Å². The van der Waals surface area contributed by atoms with Crippen molar-refractivity contribution >= 4 is 27.7 Å². The van der Waals surface area contributed by atoms with Crippen molar-refractivity contribution in [3.8, 4) is 0 Å². The SMILES string of the molecule is CC(C)(C)OC(=O)N1CCC2(CC1)C[C@@H](NS(=O)(=O)c1ccc(F)cc1Cl)CO2. The lowest BCUT2D eigenvalue weighted by Crippen LogP contribution is -2.48. The first kappa shape index (κ1) is 22.3. The number of likely N-dealkylation sites (tertiary alicyclic amines) is 1. The average molecular weight is 449 g/mol. The van der Waals surface area contributed by atoms with Crippen molar-refractivity contribution in [2.24, 2.45) is 0 Å². The van der Waals surface area contributed by atoms with Crippen LogP contribution in [0.5, 0.6) is 0 Å². The highest BCUT2D eigenvalue weighted by Crippen LogP contribution is 2.37. The third-order valence-electron chi connectivity index (χ3n) is 5.04. The highest BCUT2D eigenvalue weighted by Gasteiger charge is 2.45. The quantitative estimate of drug-likeness (QED) is 0.766. The van der Waals surface area contributed by atoms with Gasteiger partial charge in [-0.2, -0.15) is 0 Å². The first-order valence-electron chi connectivity index (χ1n) is 9.48. The van der Waals surface area contributed by atoms with Crippen molar-refractivity contribution in [1.29, 1.82) is 0 Å². The summed E-state index contributed by atoms with van der Waals surface area (Å²) in [5.74, 6) is -0.603. The summed E-state index contributed by atoms with van der Waals surface area (Å²) in [5.41, 5.74) is -1.03. The van der Waals surface area contributed by atoms with E-state index in [1.54, 1.807) is 4.90 Å². The van der Waals surface area contributed by atoms with E-state index in [-0.39, 0.29) is 22.6 Å². The van der Waals surface area contributed by atoms with Gasteiger partial charge in [-0.15, -0.1) is 0 Å². The largest absolute Gasteiger partial charge is 0.444 e. The lowest BCUT2D eigenvalue weighted by Gasteiger charge is -2.39. The fourth-order valence-corrected chi connectivity index (χ4v) is 5.42. The Kier molecular flexibility index (Phi) is 6.16. The predicted octanol–water partition coefficient (Wildman–Crippen LogP) is 3.32. The molecule has 0 aliphatic carbocycles. The van der Waals surface area contributed by atoms with Gasteiger partial charge in [-0.05, 0) is 58.2 Å². The fourth-order valence-electron chi connectivity index (χ4n) is 3.67. The summed E-state index contributed by atoms with van der Waals surface area (Å²) in [7, 11) is -3.90. The molecule has 0 bridgehead atoms. The predicted molar refractivity (Wildman–Crippen MR) is 106 cm³/mol. The molecular weight excluding hydrogens is 423 g/mol. The highest BCUT2D eigenvalue weighted by atomic mass is 35.5. The van der Waals surface area contributed by atoms with Crippen LogP contribution in [0.3, 0.4) is 0 Å². The Balaban J connectivity index is 1.59. The van der Waals surface area contributed by atoms with Crippen molar-refractivity contribution in [2.45, 2.75) is 62.2 Å². The molecule has 1 N–H and O–H groups in total. The molecular formula is C19H26ClFN2O5S. The Labute approximate surface area is 175 Å². The summed E-state index contributed by atoms with van der Waals surface area (Å²) in [6, 6.07) is 2.74. The maximum Gasteiger partial charge on any atom is 0.410 e. The Morgan fingerprint density at radius 2 is 2.00 bits per heavy atom. The molecule has 0 radical (unpaired) electrons. The van der Waals surface area contributed by atoms with Gasteiger partial charge in [-0.3, -0.25) is 0 Å². The Bertz CT molecular complexity index is 879. The molecule has 0 aromatic heterocycles. The minimum Gasteiger partial charge on any atom is -0.444 e. The zero-order valence-electron chi connectivity index (χ0n) is 16.7. The van der Waals surface area contributed by atoms with Gasteiger partial charge >= 0.3 is 6.09 Å². The van der Waals surface area contributed by atoms with Gasteiger partial charge in [0.2, 0.25) is 10.0 Å². The van der Waals surface area contributed by atoms with Crippen LogP contribution in [-0.4, -0.2) is 56.4 Å². The van der Waals surface area contributed by atoms with E-state index < -0.39 is 33.1 Å². The molecule has 2 aliphatic heterocycles. The monoisotopic (exact) mass is 448 g/mol. The molecule has 1 aromatic carbocycles. The molecule has 2 aliphatic rings. The third kappa shape index (κ3) is 5.39. The topological polar surface area (TPSA) is 84.9 Å². The number of amides is 1. The van der Waals surface area contributed by atoms with Gasteiger partial charge in [0, 0.05) is 19.1 Å². The van der Waals surface area contributed by atoms with Crippen LogP contribution < -0.4 is 4.72 Å². The summed E-state index contributed by atoms with van der Waals surface area (Å²) in [6.45, 7) is 6.66. The average Bonchev–Trinajstić information content (AvgIpc) is 2.95. The van der Waals surface area contributed by atoms with E-state index in [1.165, 1.54) is 0 Å². The molecule has 29 heavy (non-hydrogen) atoms. The standard InChI is InChI=1S/C19H26ClFN2O5S/c1-18(2,3)28-17(24)23-8-6-19(7-9-23)11-14(12-27-19)22-29(25,26)16-5-4-13(21)10-15(16)20/h4-5,10,14,22H,6-9,11-12H2,1-3H3/t14-/m1/s1. The van der Waals surface area contributed by atoms with Gasteiger partial charge < -0.3 is 14.4 Å². The summed E-state index contributed by atoms with van der Waals surface area (Å²) >= 11 is 5.89. The molecule has 2 heterocycles. The lowest BCUT2D eigenvalue weighted by molar-refractivity contribution is -0.0485. The second-order valence-electron chi connectivity index (χ2n) is 8.56. The first-order chi connectivity index (χ1) is 13.4. The molecule has 2 fully saturated rings. The van der Waals surface area contributed by atoms with Crippen LogP contribution in [0.25, 0.3) is 0 Å². The number of nitrogens with zero attached hydrogens (tertiary/aromatic N) is 1. The van der Waals surface area contributed by atoms with Crippen LogP contribution in [0.15, 0.2) is 23.1 Å². The van der Waals surface area contributed by atoms with Crippen LogP contribution in [0.1, 0.15) is 40.0 Å². The molecule has 3 rings (SSSR count). The zero-order chi connectivity index (χ0) is 21.4. The summed E-state index contributed by atoms with van der Waals surface area (Å²) in [4.78, 5) is 13.7. The van der Waals surface area contributed by atoms with Crippen molar-refractivity contribution in [3.63, 3.8) is 0 Å². The van der Waals surface area contributed by atoms with Crippen LogP contribution in [0.4, 0.5) is 9.18 Å². The number of ether oxygens (including phenoxy) is 2. The molecule has 0 unspecified atom stereocenters.